The van der Waals surface area contributed by atoms with E-state index in [4.69, 9.17) is 4.74 Å². The Morgan fingerprint density at radius 1 is 0.923 bits per heavy atom. The minimum absolute atomic E-state index is 0.395. The molecule has 4 heterocycles. The maximum atomic E-state index is 13.0. The van der Waals surface area contributed by atoms with Crippen molar-refractivity contribution < 1.29 is 9.13 Å². The number of hydrogen-bond acceptors (Lipinski definition) is 6. The minimum Gasteiger partial charge on any atom is -0.481 e. The van der Waals surface area contributed by atoms with Gasteiger partial charge in [-0.05, 0) is 24.3 Å². The smallest absolute Gasteiger partial charge is 0.212 e. The van der Waals surface area contributed by atoms with Gasteiger partial charge < -0.3 is 10.1 Å². The molecular formula is C19H14FN5O. The third-order valence-electron chi connectivity index (χ3n) is 3.88. The third-order valence-corrected chi connectivity index (χ3v) is 3.88. The SMILES string of the molecule is COc1ccc(-c2cnc(Nc3ccc(F)cn3)c3ncccc23)cn1. The second-order valence-corrected chi connectivity index (χ2v) is 5.50. The zero-order chi connectivity index (χ0) is 17.9. The zero-order valence-corrected chi connectivity index (χ0v) is 13.8. The first-order valence-electron chi connectivity index (χ1n) is 7.87. The molecule has 0 bridgehead atoms. The molecule has 0 unspecified atom stereocenters. The summed E-state index contributed by atoms with van der Waals surface area (Å²) in [5.41, 5.74) is 2.50. The second kappa shape index (κ2) is 6.72. The van der Waals surface area contributed by atoms with Gasteiger partial charge in [0.2, 0.25) is 5.88 Å². The van der Waals surface area contributed by atoms with Gasteiger partial charge in [-0.15, -0.1) is 0 Å². The van der Waals surface area contributed by atoms with Crippen molar-refractivity contribution in [3.8, 4) is 17.0 Å². The maximum Gasteiger partial charge on any atom is 0.212 e. The fourth-order valence-corrected chi connectivity index (χ4v) is 2.62. The van der Waals surface area contributed by atoms with Crippen LogP contribution in [-0.2, 0) is 0 Å². The van der Waals surface area contributed by atoms with Crippen LogP contribution < -0.4 is 10.1 Å². The molecule has 4 aromatic rings. The number of pyridine rings is 4. The summed E-state index contributed by atoms with van der Waals surface area (Å²) >= 11 is 0. The number of aromatic nitrogens is 4. The Morgan fingerprint density at radius 3 is 2.58 bits per heavy atom. The highest BCUT2D eigenvalue weighted by atomic mass is 19.1. The van der Waals surface area contributed by atoms with E-state index in [0.717, 1.165) is 22.7 Å². The molecule has 0 aromatic carbocycles. The van der Waals surface area contributed by atoms with Crippen LogP contribution in [-0.4, -0.2) is 27.0 Å². The van der Waals surface area contributed by atoms with Gasteiger partial charge in [-0.3, -0.25) is 4.98 Å². The molecule has 0 amide bonds. The van der Waals surface area contributed by atoms with Crippen LogP contribution in [0.5, 0.6) is 5.88 Å². The van der Waals surface area contributed by atoms with Crippen molar-refractivity contribution in [1.82, 2.24) is 19.9 Å². The summed E-state index contributed by atoms with van der Waals surface area (Å²) in [5, 5.41) is 4.00. The van der Waals surface area contributed by atoms with Gasteiger partial charge in [-0.1, -0.05) is 6.07 Å². The summed E-state index contributed by atoms with van der Waals surface area (Å²) in [7, 11) is 1.58. The molecule has 26 heavy (non-hydrogen) atoms. The van der Waals surface area contributed by atoms with E-state index < -0.39 is 5.82 Å². The fraction of sp³-hybridized carbons (Fsp3) is 0.0526. The van der Waals surface area contributed by atoms with Gasteiger partial charge in [0.25, 0.3) is 0 Å². The molecule has 128 valence electrons. The van der Waals surface area contributed by atoms with Crippen LogP contribution in [0.15, 0.2) is 61.2 Å². The number of anilines is 2. The first-order valence-corrected chi connectivity index (χ1v) is 7.87. The molecule has 1 N–H and O–H groups in total. The van der Waals surface area contributed by atoms with Gasteiger partial charge in [0.1, 0.15) is 17.2 Å². The van der Waals surface area contributed by atoms with Crippen LogP contribution in [0.3, 0.4) is 0 Å². The van der Waals surface area contributed by atoms with Gasteiger partial charge in [0, 0.05) is 41.2 Å². The van der Waals surface area contributed by atoms with Crippen molar-refractivity contribution >= 4 is 22.5 Å². The predicted octanol–water partition coefficient (Wildman–Crippen LogP) is 3.98. The maximum absolute atomic E-state index is 13.0. The molecule has 6 nitrogen and oxygen atoms in total. The van der Waals surface area contributed by atoms with E-state index >= 15 is 0 Å². The van der Waals surface area contributed by atoms with Crippen molar-refractivity contribution in [2.24, 2.45) is 0 Å². The molecule has 0 saturated carbocycles. The predicted molar refractivity (Wildman–Crippen MR) is 96.8 cm³/mol. The Bertz CT molecular complexity index is 1050. The number of fused-ring (bicyclic) bond motifs is 1. The molecule has 4 aromatic heterocycles. The van der Waals surface area contributed by atoms with Gasteiger partial charge in [-0.25, -0.2) is 19.3 Å². The molecule has 0 aliphatic heterocycles. The zero-order valence-electron chi connectivity index (χ0n) is 13.8. The Balaban J connectivity index is 1.78. The van der Waals surface area contributed by atoms with Crippen molar-refractivity contribution in [1.29, 1.82) is 0 Å². The lowest BCUT2D eigenvalue weighted by molar-refractivity contribution is 0.398. The van der Waals surface area contributed by atoms with Crippen LogP contribution in [0.25, 0.3) is 22.0 Å². The molecular weight excluding hydrogens is 333 g/mol. The van der Waals surface area contributed by atoms with Gasteiger partial charge in [-0.2, -0.15) is 0 Å². The van der Waals surface area contributed by atoms with Crippen LogP contribution in [0.1, 0.15) is 0 Å². The van der Waals surface area contributed by atoms with Crippen LogP contribution in [0, 0.1) is 5.82 Å². The van der Waals surface area contributed by atoms with Crippen molar-refractivity contribution in [3.05, 3.63) is 67.0 Å². The fourth-order valence-electron chi connectivity index (χ4n) is 2.62. The quantitative estimate of drug-likeness (QED) is 0.602. The van der Waals surface area contributed by atoms with Gasteiger partial charge >= 0.3 is 0 Å². The highest BCUT2D eigenvalue weighted by Crippen LogP contribution is 2.31. The second-order valence-electron chi connectivity index (χ2n) is 5.50. The largest absolute Gasteiger partial charge is 0.481 e. The van der Waals surface area contributed by atoms with E-state index in [1.54, 1.807) is 37.8 Å². The van der Waals surface area contributed by atoms with Crippen molar-refractivity contribution in [2.75, 3.05) is 12.4 Å². The lowest BCUT2D eigenvalue weighted by atomic mass is 10.0. The minimum atomic E-state index is -0.395. The Morgan fingerprint density at radius 2 is 1.85 bits per heavy atom. The number of nitrogens with zero attached hydrogens (tertiary/aromatic N) is 4. The lowest BCUT2D eigenvalue weighted by Gasteiger charge is -2.11. The summed E-state index contributed by atoms with van der Waals surface area (Å²) in [4.78, 5) is 17.2. The molecule has 4 rings (SSSR count). The average molecular weight is 347 g/mol. The van der Waals surface area contributed by atoms with E-state index in [-0.39, 0.29) is 0 Å². The Hall–Kier alpha value is -3.61. The number of hydrogen-bond donors (Lipinski definition) is 1. The Kier molecular flexibility index (Phi) is 4.10. The number of methoxy groups -OCH3 is 1. The van der Waals surface area contributed by atoms with E-state index in [9.17, 15) is 4.39 Å². The molecule has 0 spiro atoms. The average Bonchev–Trinajstić information content (AvgIpc) is 2.70. The van der Waals surface area contributed by atoms with Gasteiger partial charge in [0.05, 0.1) is 13.3 Å². The van der Waals surface area contributed by atoms with Gasteiger partial charge in [0.15, 0.2) is 5.82 Å². The molecule has 0 atom stereocenters. The van der Waals surface area contributed by atoms with Crippen LogP contribution in [0.4, 0.5) is 16.0 Å². The number of nitrogens with one attached hydrogen (secondary N) is 1. The molecule has 0 saturated heterocycles. The summed E-state index contributed by atoms with van der Waals surface area (Å²) in [6, 6.07) is 10.4. The third kappa shape index (κ3) is 3.02. The highest BCUT2D eigenvalue weighted by Gasteiger charge is 2.11. The number of ether oxygens (including phenoxy) is 1. The molecule has 7 heteroatoms. The Labute approximate surface area is 148 Å². The molecule has 0 aliphatic carbocycles. The summed E-state index contributed by atoms with van der Waals surface area (Å²) < 4.78 is 18.1. The van der Waals surface area contributed by atoms with E-state index in [2.05, 4.69) is 25.3 Å². The molecule has 0 radical (unpaired) electrons. The van der Waals surface area contributed by atoms with Crippen molar-refractivity contribution in [3.63, 3.8) is 0 Å². The molecule has 0 aliphatic rings. The van der Waals surface area contributed by atoms with E-state index in [1.165, 1.54) is 6.07 Å². The number of halogens is 1. The van der Waals surface area contributed by atoms with Crippen LogP contribution in [0.2, 0.25) is 0 Å². The highest BCUT2D eigenvalue weighted by molar-refractivity contribution is 5.99. The summed E-state index contributed by atoms with van der Waals surface area (Å²) in [6.45, 7) is 0. The summed E-state index contributed by atoms with van der Waals surface area (Å²) in [6.07, 6.45) is 6.33. The van der Waals surface area contributed by atoms with Crippen molar-refractivity contribution in [2.45, 2.75) is 0 Å². The first kappa shape index (κ1) is 15.9. The summed E-state index contributed by atoms with van der Waals surface area (Å²) in [5.74, 6) is 1.19. The topological polar surface area (TPSA) is 72.8 Å². The number of rotatable bonds is 4. The van der Waals surface area contributed by atoms with E-state index in [0.29, 0.717) is 23.0 Å². The van der Waals surface area contributed by atoms with E-state index in [1.807, 2.05) is 18.2 Å². The normalized spacial score (nSPS) is 10.7. The standard InChI is InChI=1S/C19H14FN5O/c1-26-17-7-4-12(9-23-17)15-11-24-19(18-14(15)3-2-8-21-18)25-16-6-5-13(20)10-22-16/h2-11H,1H3,(H,22,24,25). The van der Waals surface area contributed by atoms with Crippen LogP contribution >= 0.6 is 0 Å². The lowest BCUT2D eigenvalue weighted by Crippen LogP contribution is -1.99. The first-order chi connectivity index (χ1) is 12.7. The molecule has 0 fully saturated rings. The monoisotopic (exact) mass is 347 g/mol.